The Hall–Kier alpha value is -4.30. The highest BCUT2D eigenvalue weighted by atomic mass is 16.5. The summed E-state index contributed by atoms with van der Waals surface area (Å²) in [5.74, 6) is 0.937. The summed E-state index contributed by atoms with van der Waals surface area (Å²) >= 11 is 0. The number of hydrogen-bond acceptors (Lipinski definition) is 5. The van der Waals surface area contributed by atoms with Gasteiger partial charge in [-0.2, -0.15) is 0 Å². The number of nitrogens with zero attached hydrogens (tertiary/aromatic N) is 2. The lowest BCUT2D eigenvalue weighted by Gasteiger charge is -2.28. The van der Waals surface area contributed by atoms with Gasteiger partial charge in [0.1, 0.15) is 6.61 Å². The maximum atomic E-state index is 13.8. The van der Waals surface area contributed by atoms with E-state index >= 15 is 0 Å². The third-order valence-electron chi connectivity index (χ3n) is 7.30. The molecule has 4 aromatic rings. The van der Waals surface area contributed by atoms with E-state index in [1.54, 1.807) is 19.1 Å². The zero-order valence-corrected chi connectivity index (χ0v) is 24.8. The van der Waals surface area contributed by atoms with Crippen LogP contribution >= 0.6 is 0 Å². The van der Waals surface area contributed by atoms with E-state index in [1.807, 2.05) is 77.8 Å². The minimum absolute atomic E-state index is 0.00525. The summed E-state index contributed by atoms with van der Waals surface area (Å²) < 4.78 is 16.6. The molecule has 0 saturated heterocycles. The zero-order chi connectivity index (χ0) is 29.7. The first-order valence-corrected chi connectivity index (χ1v) is 14.5. The number of benzene rings is 3. The number of unbranched alkanes of at least 4 members (excludes halogenated alkanes) is 1. The van der Waals surface area contributed by atoms with Gasteiger partial charge in [-0.15, -0.1) is 0 Å². The molecule has 0 radical (unpaired) electrons. The molecule has 42 heavy (non-hydrogen) atoms. The smallest absolute Gasteiger partial charge is 0.249 e. The molecule has 0 aliphatic heterocycles. The van der Waals surface area contributed by atoms with Crippen molar-refractivity contribution in [1.29, 1.82) is 0 Å². The van der Waals surface area contributed by atoms with Crippen LogP contribution in [-0.4, -0.2) is 67.1 Å². The molecule has 3 aromatic carbocycles. The fourth-order valence-corrected chi connectivity index (χ4v) is 4.91. The Bertz CT molecular complexity index is 1440. The Morgan fingerprint density at radius 1 is 0.810 bits per heavy atom. The molecule has 0 saturated carbocycles. The monoisotopic (exact) mass is 571 g/mol. The number of aromatic nitrogens is 1. The highest BCUT2D eigenvalue weighted by Gasteiger charge is 2.22. The van der Waals surface area contributed by atoms with E-state index < -0.39 is 0 Å². The van der Waals surface area contributed by atoms with Gasteiger partial charge in [0.15, 0.2) is 11.5 Å². The van der Waals surface area contributed by atoms with Crippen LogP contribution in [0.2, 0.25) is 0 Å². The van der Waals surface area contributed by atoms with Crippen LogP contribution in [-0.2, 0) is 33.9 Å². The van der Waals surface area contributed by atoms with Crippen molar-refractivity contribution in [3.63, 3.8) is 0 Å². The molecule has 0 aliphatic rings. The molecule has 0 unspecified atom stereocenters. The normalized spacial score (nSPS) is 10.9. The van der Waals surface area contributed by atoms with Crippen molar-refractivity contribution in [2.75, 3.05) is 40.5 Å². The van der Waals surface area contributed by atoms with E-state index in [9.17, 15) is 9.59 Å². The predicted octanol–water partition coefficient (Wildman–Crippen LogP) is 5.60. The number of fused-ring (bicyclic) bond motifs is 1. The van der Waals surface area contributed by atoms with Crippen molar-refractivity contribution in [3.8, 4) is 11.5 Å². The number of ether oxygens (including phenoxy) is 3. The van der Waals surface area contributed by atoms with E-state index in [0.29, 0.717) is 44.2 Å². The maximum Gasteiger partial charge on any atom is 0.249 e. The average molecular weight is 572 g/mol. The van der Waals surface area contributed by atoms with Crippen LogP contribution < -0.4 is 9.47 Å². The van der Waals surface area contributed by atoms with Crippen LogP contribution in [0.1, 0.15) is 36.5 Å². The second kappa shape index (κ2) is 15.6. The summed E-state index contributed by atoms with van der Waals surface area (Å²) in [5.41, 5.74) is 4.12. The first-order valence-electron chi connectivity index (χ1n) is 14.5. The molecule has 8 nitrogen and oxygen atoms in total. The number of nitrogens with one attached hydrogen (secondary N) is 1. The van der Waals surface area contributed by atoms with Crippen molar-refractivity contribution in [1.82, 2.24) is 14.8 Å². The molecule has 0 spiro atoms. The molecule has 1 N–H and O–H groups in total. The Kier molecular flexibility index (Phi) is 11.4. The third kappa shape index (κ3) is 8.36. The fourth-order valence-electron chi connectivity index (χ4n) is 4.91. The summed E-state index contributed by atoms with van der Waals surface area (Å²) in [4.78, 5) is 33.8. The van der Waals surface area contributed by atoms with Gasteiger partial charge in [-0.3, -0.25) is 9.59 Å². The Labute approximate surface area is 248 Å². The number of methoxy groups -OCH3 is 2. The first kappa shape index (κ1) is 30.7. The molecule has 0 aliphatic carbocycles. The van der Waals surface area contributed by atoms with Crippen molar-refractivity contribution >= 4 is 22.7 Å². The molecule has 0 fully saturated rings. The highest BCUT2D eigenvalue weighted by molar-refractivity contribution is 5.86. The second-order valence-corrected chi connectivity index (χ2v) is 10.3. The second-order valence-electron chi connectivity index (χ2n) is 10.3. The molecule has 1 heterocycles. The number of H-pyrrole nitrogens is 1. The SMILES string of the molecule is CCCCN(CC(=O)N(CCc1c[nH]c2ccccc12)Cc1ccc(OC)c(OC)c1)C(=O)COCc1ccccc1. The van der Waals surface area contributed by atoms with E-state index in [0.717, 1.165) is 40.4 Å². The molecular formula is C34H41N3O5. The molecule has 1 aromatic heterocycles. The molecule has 0 bridgehead atoms. The summed E-state index contributed by atoms with van der Waals surface area (Å²) in [6.45, 7) is 3.71. The predicted molar refractivity (Wildman–Crippen MR) is 165 cm³/mol. The minimum Gasteiger partial charge on any atom is -0.493 e. The van der Waals surface area contributed by atoms with Crippen molar-refractivity contribution in [2.24, 2.45) is 0 Å². The average Bonchev–Trinajstić information content (AvgIpc) is 3.44. The number of aromatic amines is 1. The van der Waals surface area contributed by atoms with Crippen LogP contribution in [0.5, 0.6) is 11.5 Å². The minimum atomic E-state index is -0.185. The zero-order valence-electron chi connectivity index (χ0n) is 24.8. The molecule has 0 atom stereocenters. The van der Waals surface area contributed by atoms with Crippen LogP contribution in [0.3, 0.4) is 0 Å². The van der Waals surface area contributed by atoms with Gasteiger partial charge in [-0.1, -0.05) is 67.9 Å². The number of carbonyl (C=O) groups is 2. The molecule has 222 valence electrons. The third-order valence-corrected chi connectivity index (χ3v) is 7.30. The van der Waals surface area contributed by atoms with Crippen LogP contribution in [0, 0.1) is 0 Å². The van der Waals surface area contributed by atoms with E-state index in [4.69, 9.17) is 14.2 Å². The summed E-state index contributed by atoms with van der Waals surface area (Å²) in [7, 11) is 3.19. The largest absolute Gasteiger partial charge is 0.493 e. The van der Waals surface area contributed by atoms with Gasteiger partial charge >= 0.3 is 0 Å². The van der Waals surface area contributed by atoms with Crippen molar-refractivity contribution < 1.29 is 23.8 Å². The topological polar surface area (TPSA) is 84.1 Å². The molecular weight excluding hydrogens is 530 g/mol. The number of hydrogen-bond donors (Lipinski definition) is 1. The molecule has 8 heteroatoms. The highest BCUT2D eigenvalue weighted by Crippen LogP contribution is 2.28. The lowest BCUT2D eigenvalue weighted by Crippen LogP contribution is -2.44. The molecule has 2 amide bonds. The number of carbonyl (C=O) groups excluding carboxylic acids is 2. The molecule has 4 rings (SSSR count). The van der Waals surface area contributed by atoms with Gasteiger partial charge in [0.25, 0.3) is 0 Å². The number of rotatable bonds is 16. The summed E-state index contributed by atoms with van der Waals surface area (Å²) in [5, 5.41) is 1.14. The Balaban J connectivity index is 1.48. The number of amides is 2. The van der Waals surface area contributed by atoms with E-state index in [1.165, 1.54) is 0 Å². The van der Waals surface area contributed by atoms with Gasteiger partial charge in [0.2, 0.25) is 11.8 Å². The van der Waals surface area contributed by atoms with Crippen LogP contribution in [0.15, 0.2) is 79.0 Å². The standard InChI is InChI=1S/C34H41N3O5/c1-4-5-18-36(34(39)25-42-24-26-11-7-6-8-12-26)23-33(38)37(22-27-15-16-31(40-2)32(20-27)41-3)19-17-28-21-35-30-14-10-9-13-29(28)30/h6-16,20-21,35H,4-5,17-19,22-25H2,1-3H3. The van der Waals surface area contributed by atoms with Crippen LogP contribution in [0.4, 0.5) is 0 Å². The maximum absolute atomic E-state index is 13.8. The lowest BCUT2D eigenvalue weighted by atomic mass is 10.1. The van der Waals surface area contributed by atoms with E-state index in [2.05, 4.69) is 18.0 Å². The van der Waals surface area contributed by atoms with Gasteiger partial charge in [-0.05, 0) is 47.7 Å². The summed E-state index contributed by atoms with van der Waals surface area (Å²) in [6, 6.07) is 23.6. The van der Waals surface area contributed by atoms with E-state index in [-0.39, 0.29) is 25.0 Å². The summed E-state index contributed by atoms with van der Waals surface area (Å²) in [6.07, 6.45) is 4.40. The van der Waals surface area contributed by atoms with Gasteiger partial charge in [0, 0.05) is 36.7 Å². The fraction of sp³-hybridized carbons (Fsp3) is 0.353. The quantitative estimate of drug-likeness (QED) is 0.189. The van der Waals surface area contributed by atoms with Gasteiger partial charge < -0.3 is 29.0 Å². The van der Waals surface area contributed by atoms with Gasteiger partial charge in [0.05, 0.1) is 27.4 Å². The van der Waals surface area contributed by atoms with Crippen molar-refractivity contribution in [2.45, 2.75) is 39.3 Å². The van der Waals surface area contributed by atoms with Crippen molar-refractivity contribution in [3.05, 3.63) is 95.7 Å². The number of para-hydroxylation sites is 1. The lowest BCUT2D eigenvalue weighted by molar-refractivity contribution is -0.143. The Morgan fingerprint density at radius 2 is 1.57 bits per heavy atom. The van der Waals surface area contributed by atoms with Crippen LogP contribution in [0.25, 0.3) is 10.9 Å². The Morgan fingerprint density at radius 3 is 2.33 bits per heavy atom. The van der Waals surface area contributed by atoms with Gasteiger partial charge in [-0.25, -0.2) is 0 Å². The first-order chi connectivity index (χ1) is 20.5.